The first-order valence-electron chi connectivity index (χ1n) is 9.61. The van der Waals surface area contributed by atoms with Crippen LogP contribution in [0.15, 0.2) is 18.5 Å². The summed E-state index contributed by atoms with van der Waals surface area (Å²) < 4.78 is 5.15. The van der Waals surface area contributed by atoms with Crippen molar-refractivity contribution in [1.82, 2.24) is 9.97 Å². The Morgan fingerprint density at radius 2 is 2.04 bits per heavy atom. The third-order valence-electron chi connectivity index (χ3n) is 7.05. The van der Waals surface area contributed by atoms with Gasteiger partial charge in [0.15, 0.2) is 0 Å². The van der Waals surface area contributed by atoms with E-state index in [2.05, 4.69) is 15.3 Å². The van der Waals surface area contributed by atoms with Gasteiger partial charge >= 0.3 is 5.97 Å². The van der Waals surface area contributed by atoms with Gasteiger partial charge in [0.2, 0.25) is 0 Å². The van der Waals surface area contributed by atoms with Crippen molar-refractivity contribution in [3.63, 3.8) is 0 Å². The highest BCUT2D eigenvalue weighted by molar-refractivity contribution is 6.06. The molecule has 4 saturated carbocycles. The Morgan fingerprint density at radius 3 is 2.70 bits per heavy atom. The summed E-state index contributed by atoms with van der Waals surface area (Å²) >= 11 is 0. The first-order valence-corrected chi connectivity index (χ1v) is 9.61. The fourth-order valence-electron chi connectivity index (χ4n) is 6.24. The Balaban J connectivity index is 1.51. The van der Waals surface area contributed by atoms with Crippen molar-refractivity contribution in [2.45, 2.75) is 38.1 Å². The number of primary amides is 1. The van der Waals surface area contributed by atoms with E-state index in [1.165, 1.54) is 13.3 Å². The summed E-state index contributed by atoms with van der Waals surface area (Å²) in [5.74, 6) is 0.870. The fraction of sp³-hybridized carbons (Fsp3) is 0.550. The van der Waals surface area contributed by atoms with E-state index in [0.29, 0.717) is 23.3 Å². The number of esters is 1. The Kier molecular flexibility index (Phi) is 3.51. The average Bonchev–Trinajstić information content (AvgIpc) is 3.12. The molecule has 1 amide bonds. The van der Waals surface area contributed by atoms with E-state index < -0.39 is 5.91 Å². The molecule has 2 aromatic rings. The predicted molar refractivity (Wildman–Crippen MR) is 100 cm³/mol. The number of carbonyl (C=O) groups excluding carboxylic acids is 2. The van der Waals surface area contributed by atoms with E-state index in [1.54, 1.807) is 0 Å². The van der Waals surface area contributed by atoms with Gasteiger partial charge in [-0.1, -0.05) is 0 Å². The molecule has 0 aromatic carbocycles. The minimum absolute atomic E-state index is 0.0462. The van der Waals surface area contributed by atoms with Gasteiger partial charge in [-0.05, 0) is 55.9 Å². The third-order valence-corrected chi connectivity index (χ3v) is 7.05. The molecule has 7 heteroatoms. The summed E-state index contributed by atoms with van der Waals surface area (Å²) in [7, 11) is 1.50. The van der Waals surface area contributed by atoms with Crippen LogP contribution < -0.4 is 11.1 Å². The van der Waals surface area contributed by atoms with Crippen LogP contribution in [0.5, 0.6) is 0 Å². The number of anilines is 1. The Labute approximate surface area is 157 Å². The van der Waals surface area contributed by atoms with E-state index in [9.17, 15) is 9.59 Å². The number of fused-ring (bicyclic) bond motifs is 1. The average molecular weight is 368 g/mol. The number of H-pyrrole nitrogens is 1. The molecule has 7 nitrogen and oxygen atoms in total. The maximum atomic E-state index is 12.5. The first-order chi connectivity index (χ1) is 13.0. The van der Waals surface area contributed by atoms with E-state index in [1.807, 2.05) is 12.3 Å². The van der Waals surface area contributed by atoms with Crippen molar-refractivity contribution in [1.29, 1.82) is 0 Å². The molecule has 4 aliphatic carbocycles. The molecule has 0 radical (unpaired) electrons. The number of nitrogens with one attached hydrogen (secondary N) is 2. The molecule has 3 unspecified atom stereocenters. The highest BCUT2D eigenvalue weighted by Crippen LogP contribution is 2.61. The highest BCUT2D eigenvalue weighted by Gasteiger charge is 2.59. The number of amides is 1. The van der Waals surface area contributed by atoms with Crippen LogP contribution in [0.4, 0.5) is 5.69 Å². The molecular formula is C20H24N4O3. The molecule has 4 N–H and O–H groups in total. The second kappa shape index (κ2) is 5.71. The number of hydrogen-bond acceptors (Lipinski definition) is 5. The Morgan fingerprint density at radius 1 is 1.30 bits per heavy atom. The lowest BCUT2D eigenvalue weighted by Gasteiger charge is -2.58. The summed E-state index contributed by atoms with van der Waals surface area (Å²) in [5, 5.41) is 4.54. The van der Waals surface area contributed by atoms with Crippen LogP contribution in [0, 0.1) is 23.2 Å². The number of nitrogens with zero attached hydrogens (tertiary/aromatic N) is 1. The van der Waals surface area contributed by atoms with Gasteiger partial charge in [0.1, 0.15) is 5.65 Å². The molecule has 6 rings (SSSR count). The van der Waals surface area contributed by atoms with E-state index in [0.717, 1.165) is 48.8 Å². The number of aromatic nitrogens is 2. The van der Waals surface area contributed by atoms with E-state index in [4.69, 9.17) is 10.5 Å². The molecular weight excluding hydrogens is 344 g/mol. The van der Waals surface area contributed by atoms with Crippen molar-refractivity contribution in [3.8, 4) is 0 Å². The smallest absolute Gasteiger partial charge is 0.311 e. The molecule has 2 aromatic heterocycles. The van der Waals surface area contributed by atoms with Gasteiger partial charge in [-0.2, -0.15) is 0 Å². The van der Waals surface area contributed by atoms with Gasteiger partial charge in [0.25, 0.3) is 5.91 Å². The lowest BCUT2D eigenvalue weighted by molar-refractivity contribution is -0.169. The molecule has 0 saturated heterocycles. The van der Waals surface area contributed by atoms with Crippen LogP contribution in [0.3, 0.4) is 0 Å². The van der Waals surface area contributed by atoms with Gasteiger partial charge < -0.3 is 20.8 Å². The summed E-state index contributed by atoms with van der Waals surface area (Å²) in [6, 6.07) is 2.15. The number of pyridine rings is 1. The number of nitrogens with two attached hydrogens (primary N) is 1. The van der Waals surface area contributed by atoms with Crippen LogP contribution in [0.2, 0.25) is 0 Å². The second-order valence-electron chi connectivity index (χ2n) is 8.56. The molecule has 142 valence electrons. The van der Waals surface area contributed by atoms with E-state index >= 15 is 0 Å². The van der Waals surface area contributed by atoms with Crippen LogP contribution in [0.25, 0.3) is 11.0 Å². The number of methoxy groups -OCH3 is 1. The molecule has 0 spiro atoms. The lowest BCUT2D eigenvalue weighted by Crippen LogP contribution is -2.58. The topological polar surface area (TPSA) is 110 Å². The Hall–Kier alpha value is -2.57. The lowest BCUT2D eigenvalue weighted by atomic mass is 9.48. The van der Waals surface area contributed by atoms with Crippen LogP contribution >= 0.6 is 0 Å². The largest absolute Gasteiger partial charge is 0.469 e. The monoisotopic (exact) mass is 368 g/mol. The third kappa shape index (κ3) is 2.37. The highest BCUT2D eigenvalue weighted by atomic mass is 16.5. The molecule has 4 fully saturated rings. The maximum Gasteiger partial charge on any atom is 0.311 e. The number of carbonyl (C=O) groups is 2. The first kappa shape index (κ1) is 16.6. The molecule has 4 aliphatic rings. The normalized spacial score (nSPS) is 34.0. The predicted octanol–water partition coefficient (Wildman–Crippen LogP) is 2.44. The van der Waals surface area contributed by atoms with Crippen LogP contribution in [-0.4, -0.2) is 35.0 Å². The zero-order valence-corrected chi connectivity index (χ0v) is 15.3. The summed E-state index contributed by atoms with van der Waals surface area (Å²) in [6.07, 6.45) is 8.28. The quantitative estimate of drug-likeness (QED) is 0.718. The van der Waals surface area contributed by atoms with Gasteiger partial charge in [0.05, 0.1) is 23.8 Å². The SMILES string of the molecule is COC(=O)C12CC3C[C@H](C1)C(Nc1c(C(N)=O)cnc4[nH]ccc14)[C@@H](C3)C2. The van der Waals surface area contributed by atoms with Gasteiger partial charge in [0, 0.05) is 23.8 Å². The fourth-order valence-corrected chi connectivity index (χ4v) is 6.24. The number of aromatic amines is 1. The maximum absolute atomic E-state index is 12.5. The number of rotatable bonds is 4. The van der Waals surface area contributed by atoms with Crippen molar-refractivity contribution < 1.29 is 14.3 Å². The summed E-state index contributed by atoms with van der Waals surface area (Å²) in [4.78, 5) is 31.9. The van der Waals surface area contributed by atoms with Crippen molar-refractivity contribution in [3.05, 3.63) is 24.0 Å². The molecule has 2 heterocycles. The van der Waals surface area contributed by atoms with E-state index in [-0.39, 0.29) is 17.4 Å². The van der Waals surface area contributed by atoms with Crippen molar-refractivity contribution >= 4 is 28.6 Å². The molecule has 27 heavy (non-hydrogen) atoms. The van der Waals surface area contributed by atoms with Gasteiger partial charge in [-0.3, -0.25) is 9.59 Å². The molecule has 4 bridgehead atoms. The molecule has 5 atom stereocenters. The summed E-state index contributed by atoms with van der Waals surface area (Å²) in [6.45, 7) is 0. The molecule has 0 aliphatic heterocycles. The minimum atomic E-state index is -0.483. The number of ether oxygens (including phenoxy) is 1. The summed E-state index contributed by atoms with van der Waals surface area (Å²) in [5.41, 5.74) is 7.22. The van der Waals surface area contributed by atoms with Gasteiger partial charge in [-0.25, -0.2) is 4.98 Å². The zero-order valence-electron chi connectivity index (χ0n) is 15.3. The minimum Gasteiger partial charge on any atom is -0.469 e. The van der Waals surface area contributed by atoms with Gasteiger partial charge in [-0.15, -0.1) is 0 Å². The Bertz CT molecular complexity index is 920. The zero-order chi connectivity index (χ0) is 18.8. The van der Waals surface area contributed by atoms with Crippen molar-refractivity contribution in [2.24, 2.45) is 28.9 Å². The van der Waals surface area contributed by atoms with Crippen molar-refractivity contribution in [2.75, 3.05) is 12.4 Å². The number of hydrogen-bond donors (Lipinski definition) is 3. The second-order valence-corrected chi connectivity index (χ2v) is 8.56. The standard InChI is InChI=1S/C20H24N4O3/c1-27-19(26)20-6-10-4-11(7-20)15(12(5-10)8-20)24-16-13-2-3-22-18(13)23-9-14(16)17(21)25/h2-3,9-12,15H,4-8H2,1H3,(H2,21,25)(H2,22,23,24)/t10?,11-,12+,15?,20?. The van der Waals surface area contributed by atoms with Crippen LogP contribution in [-0.2, 0) is 9.53 Å². The van der Waals surface area contributed by atoms with Crippen LogP contribution in [0.1, 0.15) is 42.5 Å².